The fraction of sp³-hybridized carbons (Fsp3) is 0.286. The van der Waals surface area contributed by atoms with Crippen molar-refractivity contribution >= 4 is 5.91 Å². The lowest BCUT2D eigenvalue weighted by molar-refractivity contribution is 0.0771. The van der Waals surface area contributed by atoms with Gasteiger partial charge in [-0.15, -0.1) is 0 Å². The Morgan fingerprint density at radius 2 is 2.04 bits per heavy atom. The first-order chi connectivity index (χ1) is 13.7. The van der Waals surface area contributed by atoms with Crippen molar-refractivity contribution in [1.82, 2.24) is 15.0 Å². The highest BCUT2D eigenvalue weighted by molar-refractivity contribution is 5.91. The van der Waals surface area contributed by atoms with Crippen LogP contribution in [0.1, 0.15) is 22.1 Å². The molecule has 1 aliphatic rings. The van der Waals surface area contributed by atoms with E-state index in [9.17, 15) is 4.79 Å². The lowest BCUT2D eigenvalue weighted by atomic mass is 9.89. The molecule has 0 aliphatic carbocycles. The third-order valence-electron chi connectivity index (χ3n) is 5.19. The predicted octanol–water partition coefficient (Wildman–Crippen LogP) is 2.56. The first kappa shape index (κ1) is 18.2. The van der Waals surface area contributed by atoms with Gasteiger partial charge in [-0.05, 0) is 36.2 Å². The van der Waals surface area contributed by atoms with Crippen molar-refractivity contribution < 1.29 is 14.1 Å². The van der Waals surface area contributed by atoms with Crippen molar-refractivity contribution in [3.8, 4) is 17.2 Å². The topological polar surface area (TPSA) is 94.5 Å². The molecule has 28 heavy (non-hydrogen) atoms. The second kappa shape index (κ2) is 7.82. The van der Waals surface area contributed by atoms with E-state index in [0.29, 0.717) is 30.9 Å². The van der Waals surface area contributed by atoms with Crippen LogP contribution in [0.3, 0.4) is 0 Å². The molecule has 4 rings (SSSR count). The number of methoxy groups -OCH3 is 1. The van der Waals surface area contributed by atoms with Crippen molar-refractivity contribution in [2.75, 3.05) is 26.7 Å². The van der Waals surface area contributed by atoms with Gasteiger partial charge in [0.2, 0.25) is 0 Å². The highest BCUT2D eigenvalue weighted by Crippen LogP contribution is 2.32. The summed E-state index contributed by atoms with van der Waals surface area (Å²) in [5, 5.41) is 3.89. The molecule has 2 N–H and O–H groups in total. The molecule has 0 spiro atoms. The van der Waals surface area contributed by atoms with Gasteiger partial charge >= 0.3 is 0 Å². The number of nitrogens with two attached hydrogens (primary N) is 1. The van der Waals surface area contributed by atoms with Gasteiger partial charge in [0.1, 0.15) is 5.75 Å². The van der Waals surface area contributed by atoms with Gasteiger partial charge in [0.25, 0.3) is 17.6 Å². The summed E-state index contributed by atoms with van der Waals surface area (Å²) in [7, 11) is 1.59. The number of amides is 1. The van der Waals surface area contributed by atoms with E-state index in [-0.39, 0.29) is 29.5 Å². The molecule has 3 aromatic rings. The summed E-state index contributed by atoms with van der Waals surface area (Å²) in [6.45, 7) is 1.69. The second-order valence-corrected chi connectivity index (χ2v) is 6.88. The molecule has 0 saturated carbocycles. The lowest BCUT2D eigenvalue weighted by Crippen LogP contribution is -2.30. The summed E-state index contributed by atoms with van der Waals surface area (Å²) >= 11 is 0. The van der Waals surface area contributed by atoms with Gasteiger partial charge in [0.15, 0.2) is 0 Å². The number of hydrogen-bond acceptors (Lipinski definition) is 6. The molecule has 1 fully saturated rings. The highest BCUT2D eigenvalue weighted by atomic mass is 16.5. The molecule has 7 heteroatoms. The summed E-state index contributed by atoms with van der Waals surface area (Å²) in [4.78, 5) is 19.0. The van der Waals surface area contributed by atoms with Crippen LogP contribution in [0, 0.1) is 5.92 Å². The summed E-state index contributed by atoms with van der Waals surface area (Å²) in [5.74, 6) is 1.20. The summed E-state index contributed by atoms with van der Waals surface area (Å²) in [5.41, 5.74) is 7.87. The Labute approximate surface area is 163 Å². The minimum Gasteiger partial charge on any atom is -0.497 e. The quantitative estimate of drug-likeness (QED) is 0.733. The Balaban J connectivity index is 1.53. The molecule has 1 saturated heterocycles. The maximum atomic E-state index is 12.9. The Kier molecular flexibility index (Phi) is 5.08. The monoisotopic (exact) mass is 378 g/mol. The van der Waals surface area contributed by atoms with Crippen LogP contribution in [0.15, 0.2) is 59.1 Å². The van der Waals surface area contributed by atoms with Gasteiger partial charge in [0, 0.05) is 24.6 Å². The number of benzene rings is 2. The third-order valence-corrected chi connectivity index (χ3v) is 5.19. The molecule has 2 aromatic carbocycles. The Morgan fingerprint density at radius 1 is 1.21 bits per heavy atom. The van der Waals surface area contributed by atoms with Crippen LogP contribution in [0.2, 0.25) is 0 Å². The SMILES string of the molecule is COc1cccc(-c2nc(C(=O)N3C[C@@H](CN)[C@H](c4ccccc4)C3)no2)c1. The van der Waals surface area contributed by atoms with E-state index in [4.69, 9.17) is 15.0 Å². The average molecular weight is 378 g/mol. The van der Waals surface area contributed by atoms with E-state index in [1.165, 1.54) is 5.56 Å². The van der Waals surface area contributed by atoms with Crippen molar-refractivity contribution in [3.63, 3.8) is 0 Å². The highest BCUT2D eigenvalue weighted by Gasteiger charge is 2.37. The lowest BCUT2D eigenvalue weighted by Gasteiger charge is -2.16. The minimum absolute atomic E-state index is 0.0577. The van der Waals surface area contributed by atoms with Crippen molar-refractivity contribution in [2.45, 2.75) is 5.92 Å². The molecule has 2 atom stereocenters. The number of likely N-dealkylation sites (tertiary alicyclic amines) is 1. The first-order valence-corrected chi connectivity index (χ1v) is 9.22. The number of rotatable bonds is 5. The number of hydrogen-bond donors (Lipinski definition) is 1. The first-order valence-electron chi connectivity index (χ1n) is 9.22. The van der Waals surface area contributed by atoms with Crippen molar-refractivity contribution in [3.05, 3.63) is 66.0 Å². The van der Waals surface area contributed by atoms with Gasteiger partial charge in [-0.25, -0.2) is 0 Å². The van der Waals surface area contributed by atoms with Crippen LogP contribution >= 0.6 is 0 Å². The Bertz CT molecular complexity index is 957. The number of carbonyl (C=O) groups is 1. The van der Waals surface area contributed by atoms with Crippen molar-refractivity contribution in [1.29, 1.82) is 0 Å². The average Bonchev–Trinajstić information content (AvgIpc) is 3.41. The fourth-order valence-corrected chi connectivity index (χ4v) is 3.68. The van der Waals surface area contributed by atoms with E-state index in [1.807, 2.05) is 36.4 Å². The molecule has 0 unspecified atom stereocenters. The zero-order valence-electron chi connectivity index (χ0n) is 15.6. The fourth-order valence-electron chi connectivity index (χ4n) is 3.68. The summed E-state index contributed by atoms with van der Waals surface area (Å²) < 4.78 is 10.5. The molecule has 1 aromatic heterocycles. The van der Waals surface area contributed by atoms with Gasteiger partial charge < -0.3 is 19.9 Å². The molecule has 0 radical (unpaired) electrons. The zero-order valence-corrected chi connectivity index (χ0v) is 15.6. The molecule has 7 nitrogen and oxygen atoms in total. The normalized spacial score (nSPS) is 19.0. The molecule has 2 heterocycles. The predicted molar refractivity (Wildman–Crippen MR) is 104 cm³/mol. The summed E-state index contributed by atoms with van der Waals surface area (Å²) in [6, 6.07) is 17.4. The van der Waals surface area contributed by atoms with Gasteiger partial charge in [-0.3, -0.25) is 4.79 Å². The van der Waals surface area contributed by atoms with E-state index >= 15 is 0 Å². The van der Waals surface area contributed by atoms with E-state index < -0.39 is 0 Å². The number of aromatic nitrogens is 2. The molecular weight excluding hydrogens is 356 g/mol. The van der Waals surface area contributed by atoms with E-state index in [0.717, 1.165) is 0 Å². The molecule has 1 amide bonds. The minimum atomic E-state index is -0.241. The van der Waals surface area contributed by atoms with Crippen LogP contribution in [0.5, 0.6) is 5.75 Å². The van der Waals surface area contributed by atoms with Crippen LogP contribution < -0.4 is 10.5 Å². The van der Waals surface area contributed by atoms with Crippen LogP contribution in [0.25, 0.3) is 11.5 Å². The smallest absolute Gasteiger partial charge is 0.295 e. The maximum Gasteiger partial charge on any atom is 0.295 e. The molecule has 1 aliphatic heterocycles. The molecule has 144 valence electrons. The summed E-state index contributed by atoms with van der Waals surface area (Å²) in [6.07, 6.45) is 0. The molecule has 0 bridgehead atoms. The van der Waals surface area contributed by atoms with Gasteiger partial charge in [0.05, 0.1) is 7.11 Å². The van der Waals surface area contributed by atoms with Crippen LogP contribution in [-0.2, 0) is 0 Å². The molecular formula is C21H22N4O3. The maximum absolute atomic E-state index is 12.9. The second-order valence-electron chi connectivity index (χ2n) is 6.88. The van der Waals surface area contributed by atoms with Gasteiger partial charge in [-0.1, -0.05) is 41.6 Å². The van der Waals surface area contributed by atoms with E-state index in [1.54, 1.807) is 18.1 Å². The number of carbonyl (C=O) groups excluding carboxylic acids is 1. The van der Waals surface area contributed by atoms with E-state index in [2.05, 4.69) is 22.3 Å². The Hall–Kier alpha value is -3.19. The standard InChI is InChI=1S/C21H22N4O3/c1-27-17-9-5-8-15(10-17)20-23-19(24-28-20)21(26)25-12-16(11-22)18(13-25)14-6-3-2-4-7-14/h2-10,16,18H,11-13,22H2,1H3/t16-,18+/m1/s1. The van der Waals surface area contributed by atoms with Crippen LogP contribution in [-0.4, -0.2) is 47.7 Å². The third kappa shape index (κ3) is 3.48. The number of ether oxygens (including phenoxy) is 1. The largest absolute Gasteiger partial charge is 0.497 e. The van der Waals surface area contributed by atoms with Crippen LogP contribution in [0.4, 0.5) is 0 Å². The number of nitrogens with zero attached hydrogens (tertiary/aromatic N) is 3. The van der Waals surface area contributed by atoms with Crippen molar-refractivity contribution in [2.24, 2.45) is 11.7 Å². The Morgan fingerprint density at radius 3 is 2.79 bits per heavy atom. The zero-order chi connectivity index (χ0) is 19.5. The van der Waals surface area contributed by atoms with Gasteiger partial charge in [-0.2, -0.15) is 4.98 Å².